The molecule has 2 aromatic rings. The number of benzene rings is 1. The molecule has 1 fully saturated rings. The van der Waals surface area contributed by atoms with Gasteiger partial charge in [0.1, 0.15) is 5.75 Å². The predicted molar refractivity (Wildman–Crippen MR) is 104 cm³/mol. The molecule has 0 atom stereocenters. The molecule has 134 valence electrons. The third-order valence-corrected chi connectivity index (χ3v) is 6.16. The highest BCUT2D eigenvalue weighted by atomic mass is 35.5. The van der Waals surface area contributed by atoms with Gasteiger partial charge in [0.2, 0.25) is 5.91 Å². The fourth-order valence-corrected chi connectivity index (χ4v) is 4.44. The minimum Gasteiger partial charge on any atom is -0.497 e. The molecule has 2 heterocycles. The molecule has 0 spiro atoms. The molecule has 3 nitrogen and oxygen atoms in total. The lowest BCUT2D eigenvalue weighted by Gasteiger charge is -2.32. The molecule has 0 bridgehead atoms. The zero-order chi connectivity index (χ0) is 17.6. The van der Waals surface area contributed by atoms with Gasteiger partial charge in [-0.25, -0.2) is 0 Å². The summed E-state index contributed by atoms with van der Waals surface area (Å²) in [5, 5.41) is 0. The average molecular weight is 378 g/mol. The lowest BCUT2D eigenvalue weighted by Crippen LogP contribution is -2.39. The maximum absolute atomic E-state index is 12.4. The van der Waals surface area contributed by atoms with E-state index in [0.717, 1.165) is 48.9 Å². The largest absolute Gasteiger partial charge is 0.497 e. The van der Waals surface area contributed by atoms with Gasteiger partial charge in [0.25, 0.3) is 0 Å². The Morgan fingerprint density at radius 3 is 2.52 bits per heavy atom. The minimum absolute atomic E-state index is 0.271. The molecule has 1 aromatic heterocycles. The number of likely N-dealkylation sites (tertiary alicyclic amines) is 1. The van der Waals surface area contributed by atoms with Gasteiger partial charge < -0.3 is 9.64 Å². The maximum Gasteiger partial charge on any atom is 0.222 e. The van der Waals surface area contributed by atoms with Crippen molar-refractivity contribution in [2.75, 3.05) is 20.2 Å². The number of ether oxygens (including phenoxy) is 1. The molecular formula is C20H24ClNO2S. The molecule has 0 aliphatic carbocycles. The third kappa shape index (κ3) is 5.23. The third-order valence-electron chi connectivity index (χ3n) is 4.86. The standard InChI is InChI=1S/C20H24ClNO2S/c1-24-17-4-2-15(3-5-17)14-16-10-12-22(13-11-16)20(23)9-7-18-6-8-19(21)25-18/h2-6,8,16H,7,9-14H2,1H3. The van der Waals surface area contributed by atoms with E-state index in [1.165, 1.54) is 10.4 Å². The topological polar surface area (TPSA) is 29.5 Å². The van der Waals surface area contributed by atoms with Gasteiger partial charge in [-0.1, -0.05) is 23.7 Å². The van der Waals surface area contributed by atoms with Crippen LogP contribution in [0.15, 0.2) is 36.4 Å². The highest BCUT2D eigenvalue weighted by Crippen LogP contribution is 2.25. The fraction of sp³-hybridized carbons (Fsp3) is 0.450. The smallest absolute Gasteiger partial charge is 0.222 e. The first-order valence-electron chi connectivity index (χ1n) is 8.79. The van der Waals surface area contributed by atoms with Crippen molar-refractivity contribution < 1.29 is 9.53 Å². The number of halogens is 1. The Kier molecular flexibility index (Phi) is 6.38. The molecule has 0 unspecified atom stereocenters. The van der Waals surface area contributed by atoms with E-state index in [1.54, 1.807) is 18.4 Å². The van der Waals surface area contributed by atoms with Crippen molar-refractivity contribution in [3.05, 3.63) is 51.2 Å². The van der Waals surface area contributed by atoms with Crippen LogP contribution in [-0.4, -0.2) is 31.0 Å². The maximum atomic E-state index is 12.4. The molecule has 1 aliphatic heterocycles. The Hall–Kier alpha value is -1.52. The van der Waals surface area contributed by atoms with Crippen LogP contribution in [0.5, 0.6) is 5.75 Å². The number of methoxy groups -OCH3 is 1. The second-order valence-corrected chi connectivity index (χ2v) is 8.38. The molecule has 0 saturated carbocycles. The molecule has 1 aliphatic rings. The van der Waals surface area contributed by atoms with Crippen LogP contribution in [0.3, 0.4) is 0 Å². The number of amides is 1. The number of hydrogen-bond acceptors (Lipinski definition) is 3. The Labute approximate surface area is 158 Å². The van der Waals surface area contributed by atoms with Gasteiger partial charge in [0.15, 0.2) is 0 Å². The number of aryl methyl sites for hydroxylation is 1. The molecular weight excluding hydrogens is 354 g/mol. The zero-order valence-electron chi connectivity index (χ0n) is 14.5. The Bertz CT molecular complexity index is 690. The van der Waals surface area contributed by atoms with E-state index < -0.39 is 0 Å². The number of carbonyl (C=O) groups is 1. The van der Waals surface area contributed by atoms with E-state index in [-0.39, 0.29) is 5.91 Å². The quantitative estimate of drug-likeness (QED) is 0.722. The van der Waals surface area contributed by atoms with Gasteiger partial charge in [0, 0.05) is 24.4 Å². The summed E-state index contributed by atoms with van der Waals surface area (Å²) in [5.41, 5.74) is 1.35. The predicted octanol–water partition coefficient (Wildman–Crippen LogP) is 4.82. The van der Waals surface area contributed by atoms with E-state index in [2.05, 4.69) is 12.1 Å². The van der Waals surface area contributed by atoms with E-state index in [1.807, 2.05) is 29.2 Å². The van der Waals surface area contributed by atoms with E-state index in [9.17, 15) is 4.79 Å². The molecule has 0 N–H and O–H groups in total. The first kappa shape index (κ1) is 18.3. The van der Waals surface area contributed by atoms with E-state index >= 15 is 0 Å². The van der Waals surface area contributed by atoms with E-state index in [0.29, 0.717) is 12.3 Å². The number of piperidine rings is 1. The number of rotatable bonds is 6. The first-order chi connectivity index (χ1) is 12.1. The molecule has 1 amide bonds. The SMILES string of the molecule is COc1ccc(CC2CCN(C(=O)CCc3ccc(Cl)s3)CC2)cc1. The number of carbonyl (C=O) groups excluding carboxylic acids is 1. The summed E-state index contributed by atoms with van der Waals surface area (Å²) in [6, 6.07) is 12.2. The van der Waals surface area contributed by atoms with Crippen molar-refractivity contribution in [3.63, 3.8) is 0 Å². The second-order valence-electron chi connectivity index (χ2n) is 6.58. The zero-order valence-corrected chi connectivity index (χ0v) is 16.1. The van der Waals surface area contributed by atoms with Crippen molar-refractivity contribution in [1.29, 1.82) is 0 Å². The molecule has 1 aromatic carbocycles. The van der Waals surface area contributed by atoms with Crippen LogP contribution in [0.2, 0.25) is 4.34 Å². The fourth-order valence-electron chi connectivity index (χ4n) is 3.36. The lowest BCUT2D eigenvalue weighted by atomic mass is 9.90. The van der Waals surface area contributed by atoms with Gasteiger partial charge in [-0.05, 0) is 61.4 Å². The Morgan fingerprint density at radius 1 is 1.20 bits per heavy atom. The van der Waals surface area contributed by atoms with Crippen molar-refractivity contribution in [3.8, 4) is 5.75 Å². The van der Waals surface area contributed by atoms with Crippen LogP contribution in [-0.2, 0) is 17.6 Å². The van der Waals surface area contributed by atoms with Crippen LogP contribution in [0.25, 0.3) is 0 Å². The van der Waals surface area contributed by atoms with E-state index in [4.69, 9.17) is 16.3 Å². The van der Waals surface area contributed by atoms with Gasteiger partial charge in [-0.15, -0.1) is 11.3 Å². The van der Waals surface area contributed by atoms with Crippen molar-refractivity contribution in [2.45, 2.75) is 32.1 Å². The number of nitrogens with zero attached hydrogens (tertiary/aromatic N) is 1. The molecule has 25 heavy (non-hydrogen) atoms. The van der Waals surface area contributed by atoms with Crippen molar-refractivity contribution >= 4 is 28.8 Å². The summed E-state index contributed by atoms with van der Waals surface area (Å²) in [6.07, 6.45) is 4.63. The molecule has 3 rings (SSSR count). The van der Waals surface area contributed by atoms with Crippen LogP contribution < -0.4 is 4.74 Å². The number of thiophene rings is 1. The Morgan fingerprint density at radius 2 is 1.92 bits per heavy atom. The monoisotopic (exact) mass is 377 g/mol. The Balaban J connectivity index is 1.42. The lowest BCUT2D eigenvalue weighted by molar-refractivity contribution is -0.132. The van der Waals surface area contributed by atoms with Crippen LogP contribution >= 0.6 is 22.9 Å². The highest BCUT2D eigenvalue weighted by Gasteiger charge is 2.22. The van der Waals surface area contributed by atoms with Crippen molar-refractivity contribution in [1.82, 2.24) is 4.90 Å². The van der Waals surface area contributed by atoms with Gasteiger partial charge in [0.05, 0.1) is 11.4 Å². The number of hydrogen-bond donors (Lipinski definition) is 0. The van der Waals surface area contributed by atoms with Crippen LogP contribution in [0.1, 0.15) is 29.7 Å². The summed E-state index contributed by atoms with van der Waals surface area (Å²) in [4.78, 5) is 15.6. The summed E-state index contributed by atoms with van der Waals surface area (Å²) < 4.78 is 6.00. The first-order valence-corrected chi connectivity index (χ1v) is 9.98. The molecule has 1 saturated heterocycles. The van der Waals surface area contributed by atoms with Crippen LogP contribution in [0.4, 0.5) is 0 Å². The summed E-state index contributed by atoms with van der Waals surface area (Å²) in [6.45, 7) is 1.76. The summed E-state index contributed by atoms with van der Waals surface area (Å²) >= 11 is 7.51. The summed E-state index contributed by atoms with van der Waals surface area (Å²) in [7, 11) is 1.69. The highest BCUT2D eigenvalue weighted by molar-refractivity contribution is 7.16. The van der Waals surface area contributed by atoms with Gasteiger partial charge >= 0.3 is 0 Å². The molecule has 5 heteroatoms. The average Bonchev–Trinajstić information content (AvgIpc) is 3.06. The molecule has 0 radical (unpaired) electrons. The normalized spacial score (nSPS) is 15.4. The van der Waals surface area contributed by atoms with Gasteiger partial charge in [-0.3, -0.25) is 4.79 Å². The second kappa shape index (κ2) is 8.72. The van der Waals surface area contributed by atoms with Crippen molar-refractivity contribution in [2.24, 2.45) is 5.92 Å². The van der Waals surface area contributed by atoms with Crippen LogP contribution in [0, 0.1) is 5.92 Å². The minimum atomic E-state index is 0.271. The summed E-state index contributed by atoms with van der Waals surface area (Å²) in [5.74, 6) is 1.83. The van der Waals surface area contributed by atoms with Gasteiger partial charge in [-0.2, -0.15) is 0 Å².